The Kier molecular flexibility index (Phi) is 7.10. The summed E-state index contributed by atoms with van der Waals surface area (Å²) in [5.74, 6) is 1.65. The number of hydrogen-bond donors (Lipinski definition) is 2. The third-order valence-electron chi connectivity index (χ3n) is 5.60. The van der Waals surface area contributed by atoms with Crippen molar-refractivity contribution in [3.05, 3.63) is 35.9 Å². The molecule has 0 radical (unpaired) electrons. The van der Waals surface area contributed by atoms with Crippen LogP contribution in [-0.2, 0) is 5.41 Å². The fraction of sp³-hybridized carbons (Fsp3) is 0.650. The minimum absolute atomic E-state index is 0.159. The smallest absolute Gasteiger partial charge is 0.191 e. The van der Waals surface area contributed by atoms with Crippen LogP contribution < -0.4 is 10.6 Å². The molecule has 0 aliphatic carbocycles. The summed E-state index contributed by atoms with van der Waals surface area (Å²) in [5.41, 5.74) is 1.57. The lowest BCUT2D eigenvalue weighted by molar-refractivity contribution is 0.385. The summed E-state index contributed by atoms with van der Waals surface area (Å²) in [4.78, 5) is 6.81. The van der Waals surface area contributed by atoms with Crippen molar-refractivity contribution in [2.75, 3.05) is 40.3 Å². The van der Waals surface area contributed by atoms with Crippen LogP contribution in [0.15, 0.2) is 35.3 Å². The molecule has 134 valence electrons. The van der Waals surface area contributed by atoms with E-state index in [1.54, 1.807) is 0 Å². The molecule has 24 heavy (non-hydrogen) atoms. The summed E-state index contributed by atoms with van der Waals surface area (Å²) in [6.07, 6.45) is 3.51. The maximum atomic E-state index is 4.41. The van der Waals surface area contributed by atoms with E-state index in [1.165, 1.54) is 25.1 Å². The molecule has 0 saturated carbocycles. The molecule has 1 aromatic rings. The lowest BCUT2D eigenvalue weighted by Gasteiger charge is -2.33. The highest BCUT2D eigenvalue weighted by atomic mass is 15.2. The van der Waals surface area contributed by atoms with E-state index in [0.717, 1.165) is 37.8 Å². The molecular formula is C20H34N4. The van der Waals surface area contributed by atoms with Gasteiger partial charge in [0.05, 0.1) is 0 Å². The third-order valence-corrected chi connectivity index (χ3v) is 5.60. The summed E-state index contributed by atoms with van der Waals surface area (Å²) in [7, 11) is 4.06. The topological polar surface area (TPSA) is 39.7 Å². The van der Waals surface area contributed by atoms with Crippen molar-refractivity contribution in [1.82, 2.24) is 15.5 Å². The lowest BCUT2D eigenvalue weighted by atomic mass is 9.76. The molecule has 2 rings (SSSR count). The van der Waals surface area contributed by atoms with E-state index < -0.39 is 0 Å². The average Bonchev–Trinajstić information content (AvgIpc) is 3.05. The van der Waals surface area contributed by atoms with Crippen LogP contribution >= 0.6 is 0 Å². The normalized spacial score (nSPS) is 19.5. The fourth-order valence-electron chi connectivity index (χ4n) is 3.71. The van der Waals surface area contributed by atoms with Crippen LogP contribution in [0.4, 0.5) is 0 Å². The van der Waals surface area contributed by atoms with Gasteiger partial charge in [-0.3, -0.25) is 4.99 Å². The number of guanidine groups is 1. The van der Waals surface area contributed by atoms with Gasteiger partial charge in [-0.15, -0.1) is 0 Å². The highest BCUT2D eigenvalue weighted by molar-refractivity contribution is 5.79. The van der Waals surface area contributed by atoms with Crippen LogP contribution in [0.25, 0.3) is 0 Å². The molecule has 0 aromatic heterocycles. The zero-order valence-corrected chi connectivity index (χ0v) is 15.8. The van der Waals surface area contributed by atoms with Crippen molar-refractivity contribution in [2.45, 2.75) is 38.5 Å². The van der Waals surface area contributed by atoms with Gasteiger partial charge in [-0.2, -0.15) is 0 Å². The Bertz CT molecular complexity index is 508. The third kappa shape index (κ3) is 4.73. The van der Waals surface area contributed by atoms with E-state index in [1.807, 2.05) is 7.05 Å². The Hall–Kier alpha value is -1.55. The second kappa shape index (κ2) is 9.07. The molecule has 1 saturated heterocycles. The van der Waals surface area contributed by atoms with Crippen LogP contribution in [-0.4, -0.2) is 51.1 Å². The highest BCUT2D eigenvalue weighted by Crippen LogP contribution is 2.30. The van der Waals surface area contributed by atoms with Crippen LogP contribution in [0.5, 0.6) is 0 Å². The second-order valence-corrected chi connectivity index (χ2v) is 7.08. The molecular weight excluding hydrogens is 296 g/mol. The largest absolute Gasteiger partial charge is 0.356 e. The molecule has 2 N–H and O–H groups in total. The molecule has 0 spiro atoms. The predicted octanol–water partition coefficient (Wildman–Crippen LogP) is 2.86. The maximum Gasteiger partial charge on any atom is 0.191 e. The molecule has 1 aliphatic rings. The molecule has 1 unspecified atom stereocenters. The van der Waals surface area contributed by atoms with Crippen molar-refractivity contribution in [3.8, 4) is 0 Å². The van der Waals surface area contributed by atoms with Crippen LogP contribution in [0.2, 0.25) is 0 Å². The number of likely N-dealkylation sites (tertiary alicyclic amines) is 1. The van der Waals surface area contributed by atoms with Gasteiger partial charge < -0.3 is 15.5 Å². The molecule has 0 bridgehead atoms. The van der Waals surface area contributed by atoms with Crippen molar-refractivity contribution >= 4 is 5.96 Å². The van der Waals surface area contributed by atoms with Crippen LogP contribution in [0.3, 0.4) is 0 Å². The summed E-state index contributed by atoms with van der Waals surface area (Å²) in [5, 5.41) is 7.09. The van der Waals surface area contributed by atoms with E-state index >= 15 is 0 Å². The van der Waals surface area contributed by atoms with Crippen LogP contribution in [0, 0.1) is 5.92 Å². The van der Waals surface area contributed by atoms with Crippen molar-refractivity contribution in [2.24, 2.45) is 10.9 Å². The van der Waals surface area contributed by atoms with E-state index in [0.29, 0.717) is 0 Å². The highest BCUT2D eigenvalue weighted by Gasteiger charge is 2.28. The molecule has 4 nitrogen and oxygen atoms in total. The first kappa shape index (κ1) is 18.8. The number of hydrogen-bond acceptors (Lipinski definition) is 2. The summed E-state index contributed by atoms with van der Waals surface area (Å²) in [6, 6.07) is 10.9. The van der Waals surface area contributed by atoms with Crippen molar-refractivity contribution in [1.29, 1.82) is 0 Å². The average molecular weight is 331 g/mol. The van der Waals surface area contributed by atoms with Gasteiger partial charge in [0, 0.05) is 32.1 Å². The summed E-state index contributed by atoms with van der Waals surface area (Å²) >= 11 is 0. The second-order valence-electron chi connectivity index (χ2n) is 7.08. The Balaban J connectivity index is 1.92. The molecule has 1 aliphatic heterocycles. The molecule has 1 aromatic carbocycles. The Morgan fingerprint density at radius 2 is 1.92 bits per heavy atom. The molecule has 1 atom stereocenters. The quantitative estimate of drug-likeness (QED) is 0.596. The van der Waals surface area contributed by atoms with E-state index in [4.69, 9.17) is 0 Å². The van der Waals surface area contributed by atoms with Crippen molar-refractivity contribution < 1.29 is 0 Å². The van der Waals surface area contributed by atoms with Gasteiger partial charge >= 0.3 is 0 Å². The SMILES string of the molecule is CCC(CC)(CNC(=NC)NCC1CCN(C)C1)c1ccccc1. The number of rotatable bonds is 7. The summed E-state index contributed by atoms with van der Waals surface area (Å²) < 4.78 is 0. The first-order valence-electron chi connectivity index (χ1n) is 9.32. The van der Waals surface area contributed by atoms with Crippen LogP contribution in [0.1, 0.15) is 38.7 Å². The van der Waals surface area contributed by atoms with Gasteiger partial charge in [-0.1, -0.05) is 44.2 Å². The zero-order chi connectivity index (χ0) is 17.4. The van der Waals surface area contributed by atoms with Gasteiger partial charge in [0.1, 0.15) is 0 Å². The Labute approximate surface area is 147 Å². The van der Waals surface area contributed by atoms with Gasteiger partial charge in [-0.25, -0.2) is 0 Å². The minimum Gasteiger partial charge on any atom is -0.356 e. The standard InChI is InChI=1S/C20H34N4/c1-5-20(6-2,18-10-8-7-9-11-18)16-23-19(21-3)22-14-17-12-13-24(4)15-17/h7-11,17H,5-6,12-16H2,1-4H3,(H2,21,22,23). The van der Waals surface area contributed by atoms with Gasteiger partial charge in [0.2, 0.25) is 0 Å². The maximum absolute atomic E-state index is 4.41. The van der Waals surface area contributed by atoms with Gasteiger partial charge in [0.25, 0.3) is 0 Å². The van der Waals surface area contributed by atoms with Gasteiger partial charge in [-0.05, 0) is 44.3 Å². The first-order chi connectivity index (χ1) is 11.6. The summed E-state index contributed by atoms with van der Waals surface area (Å²) in [6.45, 7) is 8.86. The molecule has 1 fully saturated rings. The first-order valence-corrected chi connectivity index (χ1v) is 9.32. The van der Waals surface area contributed by atoms with Crippen molar-refractivity contribution in [3.63, 3.8) is 0 Å². The predicted molar refractivity (Wildman–Crippen MR) is 104 cm³/mol. The monoisotopic (exact) mass is 330 g/mol. The zero-order valence-electron chi connectivity index (χ0n) is 15.8. The van der Waals surface area contributed by atoms with Gasteiger partial charge in [0.15, 0.2) is 5.96 Å². The molecule has 4 heteroatoms. The molecule has 1 heterocycles. The minimum atomic E-state index is 0.159. The number of nitrogens with one attached hydrogen (secondary N) is 2. The Morgan fingerprint density at radius 1 is 1.21 bits per heavy atom. The number of aliphatic imine (C=N–C) groups is 1. The number of benzene rings is 1. The molecule has 0 amide bonds. The Morgan fingerprint density at radius 3 is 2.46 bits per heavy atom. The van der Waals surface area contributed by atoms with E-state index in [2.05, 4.69) is 71.8 Å². The van der Waals surface area contributed by atoms with E-state index in [-0.39, 0.29) is 5.41 Å². The lowest BCUT2D eigenvalue weighted by Crippen LogP contribution is -2.46. The number of nitrogens with zero attached hydrogens (tertiary/aromatic N) is 2. The fourth-order valence-corrected chi connectivity index (χ4v) is 3.71. The van der Waals surface area contributed by atoms with E-state index in [9.17, 15) is 0 Å².